The monoisotopic (exact) mass is 200 g/mol. The fraction of sp³-hybridized carbons (Fsp3) is 0.909. The van der Waals surface area contributed by atoms with E-state index in [1.165, 1.54) is 0 Å². The Hall–Kier alpha value is -0.570. The maximum Gasteiger partial charge on any atom is 0.219 e. The average molecular weight is 200 g/mol. The smallest absolute Gasteiger partial charge is 0.219 e. The Bertz CT molecular complexity index is 182. The van der Waals surface area contributed by atoms with Crippen molar-refractivity contribution < 1.29 is 4.79 Å². The van der Waals surface area contributed by atoms with Gasteiger partial charge in [-0.1, -0.05) is 0 Å². The van der Waals surface area contributed by atoms with Crippen molar-refractivity contribution in [1.82, 2.24) is 9.80 Å². The van der Waals surface area contributed by atoms with E-state index in [4.69, 9.17) is 0 Å². The number of carbonyl (C=O) groups excluding carboxylic acids is 1. The Labute approximate surface area is 88.1 Å². The van der Waals surface area contributed by atoms with E-state index < -0.39 is 0 Å². The molecule has 0 aliphatic heterocycles. The lowest BCUT2D eigenvalue weighted by Gasteiger charge is -2.35. The lowest BCUT2D eigenvalue weighted by molar-refractivity contribution is -0.133. The molecule has 0 heterocycles. The summed E-state index contributed by atoms with van der Waals surface area (Å²) in [6, 6.07) is 0. The zero-order valence-corrected chi connectivity index (χ0v) is 10.4. The van der Waals surface area contributed by atoms with Gasteiger partial charge in [-0.25, -0.2) is 0 Å². The summed E-state index contributed by atoms with van der Waals surface area (Å²) in [5.74, 6) is 0.163. The Morgan fingerprint density at radius 2 is 1.64 bits per heavy atom. The van der Waals surface area contributed by atoms with Crippen molar-refractivity contribution in [3.05, 3.63) is 0 Å². The minimum absolute atomic E-state index is 0.0574. The average Bonchev–Trinajstić information content (AvgIpc) is 1.94. The number of hydrogen-bond donors (Lipinski definition) is 0. The molecule has 0 saturated carbocycles. The van der Waals surface area contributed by atoms with E-state index in [1.807, 2.05) is 4.90 Å². The number of rotatable bonds is 4. The van der Waals surface area contributed by atoms with Crippen molar-refractivity contribution in [2.24, 2.45) is 0 Å². The lowest BCUT2D eigenvalue weighted by atomic mass is 10.1. The van der Waals surface area contributed by atoms with E-state index >= 15 is 0 Å². The van der Waals surface area contributed by atoms with Crippen LogP contribution in [0.1, 0.15) is 34.1 Å². The van der Waals surface area contributed by atoms with Crippen LogP contribution < -0.4 is 0 Å². The summed E-state index contributed by atoms with van der Waals surface area (Å²) in [5.41, 5.74) is -0.0574. The molecule has 3 nitrogen and oxygen atoms in total. The van der Waals surface area contributed by atoms with Gasteiger partial charge in [-0.3, -0.25) is 4.79 Å². The van der Waals surface area contributed by atoms with Crippen LogP contribution in [0.2, 0.25) is 0 Å². The molecule has 0 aromatic heterocycles. The van der Waals surface area contributed by atoms with Gasteiger partial charge in [0.1, 0.15) is 0 Å². The van der Waals surface area contributed by atoms with Crippen molar-refractivity contribution in [2.75, 3.05) is 27.2 Å². The van der Waals surface area contributed by atoms with Crippen LogP contribution in [0.4, 0.5) is 0 Å². The molecule has 14 heavy (non-hydrogen) atoms. The first-order valence-corrected chi connectivity index (χ1v) is 5.18. The number of amides is 1. The van der Waals surface area contributed by atoms with Crippen LogP contribution in [0.15, 0.2) is 0 Å². The molecule has 0 spiro atoms. The highest BCUT2D eigenvalue weighted by Crippen LogP contribution is 2.13. The molecule has 0 N–H and O–H groups in total. The highest BCUT2D eigenvalue weighted by molar-refractivity contribution is 5.74. The van der Waals surface area contributed by atoms with Crippen LogP contribution in [-0.2, 0) is 4.79 Å². The van der Waals surface area contributed by atoms with Crippen molar-refractivity contribution in [3.8, 4) is 0 Å². The van der Waals surface area contributed by atoms with Gasteiger partial charge in [-0.05, 0) is 47.8 Å². The molecule has 3 heteroatoms. The SMILES string of the molecule is CC(=O)N(CCCN(C)C)C(C)(C)C. The van der Waals surface area contributed by atoms with Gasteiger partial charge in [0.25, 0.3) is 0 Å². The molecular formula is C11H24N2O. The van der Waals surface area contributed by atoms with Gasteiger partial charge in [0.2, 0.25) is 5.91 Å². The number of nitrogens with zero attached hydrogens (tertiary/aromatic N) is 2. The van der Waals surface area contributed by atoms with Crippen LogP contribution in [0, 0.1) is 0 Å². The van der Waals surface area contributed by atoms with E-state index in [1.54, 1.807) is 6.92 Å². The van der Waals surface area contributed by atoms with Crippen molar-refractivity contribution in [3.63, 3.8) is 0 Å². The third-order valence-corrected chi connectivity index (χ3v) is 2.18. The van der Waals surface area contributed by atoms with Crippen LogP contribution >= 0.6 is 0 Å². The summed E-state index contributed by atoms with van der Waals surface area (Å²) < 4.78 is 0. The van der Waals surface area contributed by atoms with E-state index in [0.717, 1.165) is 19.5 Å². The fourth-order valence-corrected chi connectivity index (χ4v) is 1.51. The molecule has 0 fully saturated rings. The summed E-state index contributed by atoms with van der Waals surface area (Å²) >= 11 is 0. The first-order chi connectivity index (χ1) is 6.25. The highest BCUT2D eigenvalue weighted by atomic mass is 16.2. The maximum absolute atomic E-state index is 11.4. The summed E-state index contributed by atoms with van der Waals surface area (Å²) in [6.07, 6.45) is 1.03. The molecule has 0 aromatic rings. The van der Waals surface area contributed by atoms with Crippen LogP contribution in [-0.4, -0.2) is 48.4 Å². The summed E-state index contributed by atoms with van der Waals surface area (Å²) in [5, 5.41) is 0. The second-order valence-electron chi connectivity index (χ2n) is 5.00. The van der Waals surface area contributed by atoms with Gasteiger partial charge in [-0.15, -0.1) is 0 Å². The largest absolute Gasteiger partial charge is 0.338 e. The minimum atomic E-state index is -0.0574. The molecule has 1 amide bonds. The standard InChI is InChI=1S/C11H24N2O/c1-10(14)13(11(2,3)4)9-7-8-12(5)6/h7-9H2,1-6H3. The minimum Gasteiger partial charge on any atom is -0.338 e. The second kappa shape index (κ2) is 5.35. The van der Waals surface area contributed by atoms with Gasteiger partial charge >= 0.3 is 0 Å². The zero-order valence-electron chi connectivity index (χ0n) is 10.4. The third kappa shape index (κ3) is 5.22. The molecule has 0 radical (unpaired) electrons. The number of hydrogen-bond acceptors (Lipinski definition) is 2. The van der Waals surface area contributed by atoms with Crippen molar-refractivity contribution in [1.29, 1.82) is 0 Å². The third-order valence-electron chi connectivity index (χ3n) is 2.18. The van der Waals surface area contributed by atoms with Gasteiger partial charge in [0.15, 0.2) is 0 Å². The number of carbonyl (C=O) groups is 1. The Morgan fingerprint density at radius 1 is 1.14 bits per heavy atom. The molecule has 0 atom stereocenters. The van der Waals surface area contributed by atoms with Crippen LogP contribution in [0.25, 0.3) is 0 Å². The second-order valence-corrected chi connectivity index (χ2v) is 5.00. The molecule has 0 saturated heterocycles. The topological polar surface area (TPSA) is 23.6 Å². The van der Waals surface area contributed by atoms with Crippen molar-refractivity contribution in [2.45, 2.75) is 39.7 Å². The molecule has 84 valence electrons. The Morgan fingerprint density at radius 3 is 1.93 bits per heavy atom. The van der Waals surface area contributed by atoms with E-state index in [2.05, 4.69) is 39.8 Å². The Balaban J connectivity index is 4.07. The molecule has 0 bridgehead atoms. The van der Waals surface area contributed by atoms with Crippen molar-refractivity contribution >= 4 is 5.91 Å². The summed E-state index contributed by atoms with van der Waals surface area (Å²) in [4.78, 5) is 15.4. The molecule has 0 unspecified atom stereocenters. The van der Waals surface area contributed by atoms with Crippen LogP contribution in [0.5, 0.6) is 0 Å². The zero-order chi connectivity index (χ0) is 11.4. The molecule has 0 aliphatic carbocycles. The Kier molecular flexibility index (Phi) is 5.13. The van der Waals surface area contributed by atoms with E-state index in [0.29, 0.717) is 0 Å². The summed E-state index contributed by atoms with van der Waals surface area (Å²) in [6.45, 7) is 9.73. The first-order valence-electron chi connectivity index (χ1n) is 5.18. The molecular weight excluding hydrogens is 176 g/mol. The predicted molar refractivity (Wildman–Crippen MR) is 60.3 cm³/mol. The molecule has 0 rings (SSSR count). The van der Waals surface area contributed by atoms with Gasteiger partial charge < -0.3 is 9.80 Å². The van der Waals surface area contributed by atoms with Gasteiger partial charge in [0, 0.05) is 19.0 Å². The quantitative estimate of drug-likeness (QED) is 0.688. The maximum atomic E-state index is 11.4. The highest BCUT2D eigenvalue weighted by Gasteiger charge is 2.22. The lowest BCUT2D eigenvalue weighted by Crippen LogP contribution is -2.45. The first kappa shape index (κ1) is 13.4. The summed E-state index contributed by atoms with van der Waals surface area (Å²) in [7, 11) is 4.10. The van der Waals surface area contributed by atoms with Gasteiger partial charge in [0.05, 0.1) is 0 Å². The van der Waals surface area contributed by atoms with E-state index in [-0.39, 0.29) is 11.4 Å². The molecule has 0 aromatic carbocycles. The normalized spacial score (nSPS) is 11.9. The molecule has 0 aliphatic rings. The van der Waals surface area contributed by atoms with E-state index in [9.17, 15) is 4.79 Å². The predicted octanol–water partition coefficient (Wildman–Crippen LogP) is 1.59. The van der Waals surface area contributed by atoms with Gasteiger partial charge in [-0.2, -0.15) is 0 Å². The fourth-order valence-electron chi connectivity index (χ4n) is 1.51. The van der Waals surface area contributed by atoms with Crippen LogP contribution in [0.3, 0.4) is 0 Å².